The molecule has 4 nitrogen and oxygen atoms in total. The molecule has 0 radical (unpaired) electrons. The zero-order valence-electron chi connectivity index (χ0n) is 25.6. The number of carbonyl (C=O) groups is 1. The molecule has 2 aromatic carbocycles. The molecule has 0 atom stereocenters. The average molecular weight is 569 g/mol. The number of carbonyl (C=O) groups excluding carboxylic acids is 1. The van der Waals surface area contributed by atoms with E-state index >= 15 is 0 Å². The van der Waals surface area contributed by atoms with Gasteiger partial charge in [-0.3, -0.25) is 0 Å². The highest BCUT2D eigenvalue weighted by molar-refractivity contribution is 5.91. The lowest BCUT2D eigenvalue weighted by molar-refractivity contribution is 0.0734. The van der Waals surface area contributed by atoms with Crippen LogP contribution in [0.5, 0.6) is 17.2 Å². The fourth-order valence-electron chi connectivity index (χ4n) is 5.89. The van der Waals surface area contributed by atoms with Gasteiger partial charge in [-0.05, 0) is 73.6 Å². The summed E-state index contributed by atoms with van der Waals surface area (Å²) in [5.41, 5.74) is 0.155. The molecule has 2 aromatic rings. The van der Waals surface area contributed by atoms with Crippen molar-refractivity contribution in [3.8, 4) is 17.2 Å². The Morgan fingerprint density at radius 2 is 1.27 bits per heavy atom. The van der Waals surface area contributed by atoms with Crippen LogP contribution in [0.2, 0.25) is 0 Å². The van der Waals surface area contributed by atoms with Crippen LogP contribution >= 0.6 is 0 Å². The first-order valence-electron chi connectivity index (χ1n) is 16.5. The fourth-order valence-corrected chi connectivity index (χ4v) is 5.89. The molecule has 3 rings (SSSR count). The molecule has 0 N–H and O–H groups in total. The van der Waals surface area contributed by atoms with Gasteiger partial charge in [-0.1, -0.05) is 104 Å². The molecule has 228 valence electrons. The summed E-state index contributed by atoms with van der Waals surface area (Å²) >= 11 is 0. The molecular weight excluding hydrogens is 515 g/mol. The summed E-state index contributed by atoms with van der Waals surface area (Å²) < 4.78 is 31.5. The molecule has 1 aliphatic rings. The number of hydrogen-bond donors (Lipinski definition) is 0. The van der Waals surface area contributed by atoms with Crippen LogP contribution in [0.1, 0.15) is 133 Å². The van der Waals surface area contributed by atoms with Crippen LogP contribution in [0.4, 0.5) is 4.39 Å². The third kappa shape index (κ3) is 12.9. The Hall–Kier alpha value is -2.56. The van der Waals surface area contributed by atoms with Crippen LogP contribution in [0, 0.1) is 17.7 Å². The van der Waals surface area contributed by atoms with Gasteiger partial charge < -0.3 is 14.2 Å². The zero-order valence-corrected chi connectivity index (χ0v) is 25.6. The van der Waals surface area contributed by atoms with Gasteiger partial charge in [0, 0.05) is 0 Å². The third-order valence-corrected chi connectivity index (χ3v) is 8.40. The molecule has 1 fully saturated rings. The molecule has 1 aliphatic carbocycles. The maximum absolute atomic E-state index is 14.5. The monoisotopic (exact) mass is 568 g/mol. The zero-order chi connectivity index (χ0) is 29.1. The summed E-state index contributed by atoms with van der Waals surface area (Å²) in [7, 11) is 0. The normalized spacial score (nSPS) is 16.9. The van der Waals surface area contributed by atoms with Crippen molar-refractivity contribution < 1.29 is 23.4 Å². The molecule has 0 amide bonds. The minimum Gasteiger partial charge on any atom is -0.494 e. The van der Waals surface area contributed by atoms with E-state index in [2.05, 4.69) is 13.8 Å². The van der Waals surface area contributed by atoms with Crippen LogP contribution in [-0.4, -0.2) is 19.2 Å². The van der Waals surface area contributed by atoms with Gasteiger partial charge in [0.2, 0.25) is 0 Å². The van der Waals surface area contributed by atoms with Crippen LogP contribution in [0.25, 0.3) is 0 Å². The van der Waals surface area contributed by atoms with Crippen LogP contribution in [-0.2, 0) is 0 Å². The van der Waals surface area contributed by atoms with Gasteiger partial charge in [0.15, 0.2) is 11.6 Å². The minimum atomic E-state index is -0.600. The van der Waals surface area contributed by atoms with Gasteiger partial charge in [0.05, 0.1) is 18.8 Å². The van der Waals surface area contributed by atoms with Crippen molar-refractivity contribution in [3.05, 3.63) is 53.8 Å². The molecule has 0 unspecified atom stereocenters. The lowest BCUT2D eigenvalue weighted by atomic mass is 9.78. The quantitative estimate of drug-likeness (QED) is 0.0905. The summed E-state index contributed by atoms with van der Waals surface area (Å²) in [6.07, 6.45) is 21.5. The molecule has 0 aromatic heterocycles. The molecule has 1 saturated carbocycles. The highest BCUT2D eigenvalue weighted by Gasteiger charge is 2.20. The van der Waals surface area contributed by atoms with E-state index in [-0.39, 0.29) is 11.3 Å². The van der Waals surface area contributed by atoms with Crippen molar-refractivity contribution in [2.75, 3.05) is 13.2 Å². The van der Waals surface area contributed by atoms with Crippen molar-refractivity contribution >= 4 is 5.97 Å². The van der Waals surface area contributed by atoms with E-state index < -0.39 is 11.8 Å². The second-order valence-corrected chi connectivity index (χ2v) is 11.8. The second kappa shape index (κ2) is 19.5. The van der Waals surface area contributed by atoms with E-state index in [4.69, 9.17) is 14.2 Å². The van der Waals surface area contributed by atoms with Crippen molar-refractivity contribution in [1.82, 2.24) is 0 Å². The number of benzene rings is 2. The molecule has 0 bridgehead atoms. The van der Waals surface area contributed by atoms with E-state index in [0.29, 0.717) is 19.0 Å². The number of unbranched alkanes of at least 4 members (excludes halogenated alkanes) is 8. The van der Waals surface area contributed by atoms with Gasteiger partial charge in [-0.25, -0.2) is 9.18 Å². The lowest BCUT2D eigenvalue weighted by Crippen LogP contribution is -2.15. The summed E-state index contributed by atoms with van der Waals surface area (Å²) in [5, 5.41) is 0. The first-order valence-corrected chi connectivity index (χ1v) is 16.5. The van der Waals surface area contributed by atoms with Gasteiger partial charge in [0.1, 0.15) is 11.5 Å². The molecule has 0 saturated heterocycles. The number of ether oxygens (including phenoxy) is 3. The SMILES string of the molecule is CCCCCCCCCCCOc1ccc(C(=O)Oc2ccc(OCCCC3CCC(CCC)CC3)cc2)cc1F. The van der Waals surface area contributed by atoms with E-state index in [1.807, 2.05) is 12.1 Å². The number of esters is 1. The van der Waals surface area contributed by atoms with Gasteiger partial charge in [0.25, 0.3) is 0 Å². The molecule has 41 heavy (non-hydrogen) atoms. The Balaban J connectivity index is 1.29. The Morgan fingerprint density at radius 1 is 0.683 bits per heavy atom. The molecule has 0 heterocycles. The predicted octanol–water partition coefficient (Wildman–Crippen LogP) is 10.7. The third-order valence-electron chi connectivity index (χ3n) is 8.40. The molecular formula is C36H53FO4. The van der Waals surface area contributed by atoms with E-state index in [1.54, 1.807) is 18.2 Å². The van der Waals surface area contributed by atoms with E-state index in [1.165, 1.54) is 102 Å². The summed E-state index contributed by atoms with van der Waals surface area (Å²) in [6.45, 7) is 5.69. The molecule has 5 heteroatoms. The first kappa shape index (κ1) is 32.9. The second-order valence-electron chi connectivity index (χ2n) is 11.8. The van der Waals surface area contributed by atoms with Gasteiger partial charge in [-0.15, -0.1) is 0 Å². The smallest absolute Gasteiger partial charge is 0.343 e. The van der Waals surface area contributed by atoms with Crippen molar-refractivity contribution in [2.24, 2.45) is 11.8 Å². The number of halogens is 1. The van der Waals surface area contributed by atoms with Crippen LogP contribution in [0.15, 0.2) is 42.5 Å². The minimum absolute atomic E-state index is 0.155. The van der Waals surface area contributed by atoms with Crippen molar-refractivity contribution in [3.63, 3.8) is 0 Å². The Morgan fingerprint density at radius 3 is 1.90 bits per heavy atom. The maximum atomic E-state index is 14.5. The molecule has 0 aliphatic heterocycles. The highest BCUT2D eigenvalue weighted by atomic mass is 19.1. The predicted molar refractivity (Wildman–Crippen MR) is 166 cm³/mol. The highest BCUT2D eigenvalue weighted by Crippen LogP contribution is 2.33. The summed E-state index contributed by atoms with van der Waals surface area (Å²) in [6, 6.07) is 11.3. The average Bonchev–Trinajstić information content (AvgIpc) is 2.98. The maximum Gasteiger partial charge on any atom is 0.343 e. The van der Waals surface area contributed by atoms with Gasteiger partial charge in [-0.2, -0.15) is 0 Å². The number of hydrogen-bond acceptors (Lipinski definition) is 4. The largest absolute Gasteiger partial charge is 0.494 e. The van der Waals surface area contributed by atoms with Crippen molar-refractivity contribution in [2.45, 2.75) is 123 Å². The Bertz CT molecular complexity index is 982. The Labute approximate surface area is 248 Å². The lowest BCUT2D eigenvalue weighted by Gasteiger charge is -2.28. The van der Waals surface area contributed by atoms with Crippen LogP contribution < -0.4 is 14.2 Å². The fraction of sp³-hybridized carbons (Fsp3) is 0.639. The van der Waals surface area contributed by atoms with Crippen molar-refractivity contribution in [1.29, 1.82) is 0 Å². The standard InChI is InChI=1S/C36H53FO4/c1-3-5-6-7-8-9-10-11-12-26-40-35-25-20-31(28-34(35)37)36(38)41-33-23-21-32(22-24-33)39-27-13-15-30-18-16-29(14-4-2)17-19-30/h20-25,28-30H,3-19,26-27H2,1-2H3. The van der Waals surface area contributed by atoms with E-state index in [9.17, 15) is 9.18 Å². The van der Waals surface area contributed by atoms with Gasteiger partial charge >= 0.3 is 5.97 Å². The first-order chi connectivity index (χ1) is 20.1. The van der Waals surface area contributed by atoms with Crippen LogP contribution in [0.3, 0.4) is 0 Å². The summed E-state index contributed by atoms with van der Waals surface area (Å²) in [4.78, 5) is 12.6. The number of rotatable bonds is 20. The summed E-state index contributed by atoms with van der Waals surface area (Å²) in [5.74, 6) is 1.98. The van der Waals surface area contributed by atoms with E-state index in [0.717, 1.165) is 36.8 Å². The topological polar surface area (TPSA) is 44.8 Å². The Kier molecular flexibility index (Phi) is 15.7. The molecule has 0 spiro atoms.